The van der Waals surface area contributed by atoms with Gasteiger partial charge in [-0.2, -0.15) is 0 Å². The molecule has 0 radical (unpaired) electrons. The maximum absolute atomic E-state index is 13.2. The standard InChI is InChI=1S/C14H23FN2/c1-3-4-5-10-17(2)14-7-6-13(15)11-12(14)8-9-16/h6-7,11H,3-5,8-10,16H2,1-2H3. The number of hydrogen-bond donors (Lipinski definition) is 1. The molecule has 1 rings (SSSR count). The molecule has 0 saturated carbocycles. The number of benzene rings is 1. The van der Waals surface area contributed by atoms with Crippen LogP contribution in [0.3, 0.4) is 0 Å². The lowest BCUT2D eigenvalue weighted by atomic mass is 10.1. The Bertz CT molecular complexity index is 339. The number of anilines is 1. The van der Waals surface area contributed by atoms with E-state index in [1.165, 1.54) is 25.3 Å². The first-order valence-electron chi connectivity index (χ1n) is 6.38. The molecular weight excluding hydrogens is 215 g/mol. The minimum Gasteiger partial charge on any atom is -0.374 e. The predicted octanol–water partition coefficient (Wildman–Crippen LogP) is 2.95. The van der Waals surface area contributed by atoms with Crippen LogP contribution in [0.15, 0.2) is 18.2 Å². The summed E-state index contributed by atoms with van der Waals surface area (Å²) in [5.41, 5.74) is 7.67. The minimum atomic E-state index is -0.181. The third kappa shape index (κ3) is 4.35. The molecule has 0 aliphatic heterocycles. The maximum atomic E-state index is 13.2. The van der Waals surface area contributed by atoms with E-state index in [0.717, 1.165) is 24.2 Å². The molecule has 1 aromatic carbocycles. The largest absolute Gasteiger partial charge is 0.374 e. The molecule has 0 bridgehead atoms. The zero-order chi connectivity index (χ0) is 12.7. The second-order valence-corrected chi connectivity index (χ2v) is 4.44. The van der Waals surface area contributed by atoms with Crippen molar-refractivity contribution in [1.29, 1.82) is 0 Å². The number of hydrogen-bond acceptors (Lipinski definition) is 2. The molecule has 0 aromatic heterocycles. The highest BCUT2D eigenvalue weighted by atomic mass is 19.1. The number of halogens is 1. The Morgan fingerprint density at radius 2 is 2.06 bits per heavy atom. The van der Waals surface area contributed by atoms with Gasteiger partial charge in [0.1, 0.15) is 5.82 Å². The fourth-order valence-electron chi connectivity index (χ4n) is 2.00. The Balaban J connectivity index is 2.73. The predicted molar refractivity (Wildman–Crippen MR) is 72.0 cm³/mol. The van der Waals surface area contributed by atoms with Crippen LogP contribution in [0.2, 0.25) is 0 Å². The van der Waals surface area contributed by atoms with Crippen LogP contribution < -0.4 is 10.6 Å². The van der Waals surface area contributed by atoms with Gasteiger partial charge < -0.3 is 10.6 Å². The van der Waals surface area contributed by atoms with Crippen LogP contribution in [0.4, 0.5) is 10.1 Å². The molecule has 0 heterocycles. The van der Waals surface area contributed by atoms with E-state index in [0.29, 0.717) is 6.54 Å². The van der Waals surface area contributed by atoms with Crippen molar-refractivity contribution < 1.29 is 4.39 Å². The van der Waals surface area contributed by atoms with Crippen molar-refractivity contribution in [2.24, 2.45) is 5.73 Å². The topological polar surface area (TPSA) is 29.3 Å². The highest BCUT2D eigenvalue weighted by Crippen LogP contribution is 2.21. The van der Waals surface area contributed by atoms with Crippen molar-refractivity contribution in [1.82, 2.24) is 0 Å². The van der Waals surface area contributed by atoms with E-state index < -0.39 is 0 Å². The van der Waals surface area contributed by atoms with Crippen LogP contribution in [-0.2, 0) is 6.42 Å². The third-order valence-corrected chi connectivity index (χ3v) is 2.96. The van der Waals surface area contributed by atoms with Gasteiger partial charge in [-0.1, -0.05) is 19.8 Å². The molecule has 96 valence electrons. The van der Waals surface area contributed by atoms with E-state index in [9.17, 15) is 4.39 Å². The molecule has 1 aromatic rings. The Morgan fingerprint density at radius 1 is 1.29 bits per heavy atom. The van der Waals surface area contributed by atoms with Crippen molar-refractivity contribution in [3.63, 3.8) is 0 Å². The average Bonchev–Trinajstić information content (AvgIpc) is 2.30. The molecule has 0 saturated heterocycles. The molecule has 0 amide bonds. The second kappa shape index (κ2) is 7.28. The molecule has 0 spiro atoms. The summed E-state index contributed by atoms with van der Waals surface area (Å²) in [7, 11) is 2.06. The number of nitrogens with two attached hydrogens (primary N) is 1. The zero-order valence-electron chi connectivity index (χ0n) is 10.9. The first kappa shape index (κ1) is 14.0. The van der Waals surface area contributed by atoms with Crippen LogP contribution in [0.5, 0.6) is 0 Å². The smallest absolute Gasteiger partial charge is 0.123 e. The zero-order valence-corrected chi connectivity index (χ0v) is 10.9. The summed E-state index contributed by atoms with van der Waals surface area (Å²) in [4.78, 5) is 2.19. The number of nitrogens with zero attached hydrogens (tertiary/aromatic N) is 1. The second-order valence-electron chi connectivity index (χ2n) is 4.44. The van der Waals surface area contributed by atoms with Crippen LogP contribution in [0.1, 0.15) is 31.7 Å². The number of rotatable bonds is 7. The summed E-state index contributed by atoms with van der Waals surface area (Å²) in [6.07, 6.45) is 4.35. The average molecular weight is 238 g/mol. The monoisotopic (exact) mass is 238 g/mol. The van der Waals surface area contributed by atoms with E-state index in [2.05, 4.69) is 18.9 Å². The van der Waals surface area contributed by atoms with E-state index in [1.54, 1.807) is 6.07 Å². The van der Waals surface area contributed by atoms with Crippen molar-refractivity contribution in [2.45, 2.75) is 32.6 Å². The molecule has 0 fully saturated rings. The van der Waals surface area contributed by atoms with Gasteiger partial charge in [-0.3, -0.25) is 0 Å². The Kier molecular flexibility index (Phi) is 5.98. The van der Waals surface area contributed by atoms with Crippen molar-refractivity contribution in [3.05, 3.63) is 29.6 Å². The maximum Gasteiger partial charge on any atom is 0.123 e. The van der Waals surface area contributed by atoms with Crippen molar-refractivity contribution >= 4 is 5.69 Å². The fourth-order valence-corrected chi connectivity index (χ4v) is 2.00. The Morgan fingerprint density at radius 3 is 2.71 bits per heavy atom. The SMILES string of the molecule is CCCCCN(C)c1ccc(F)cc1CCN. The molecule has 0 aliphatic rings. The Hall–Kier alpha value is -1.09. The first-order valence-corrected chi connectivity index (χ1v) is 6.38. The molecule has 2 nitrogen and oxygen atoms in total. The van der Waals surface area contributed by atoms with E-state index in [1.807, 2.05) is 6.07 Å². The quantitative estimate of drug-likeness (QED) is 0.740. The van der Waals surface area contributed by atoms with Gasteiger partial charge in [-0.05, 0) is 43.1 Å². The summed E-state index contributed by atoms with van der Waals surface area (Å²) in [5, 5.41) is 0. The lowest BCUT2D eigenvalue weighted by molar-refractivity contribution is 0.624. The highest BCUT2D eigenvalue weighted by Gasteiger charge is 2.07. The fraction of sp³-hybridized carbons (Fsp3) is 0.571. The van der Waals surface area contributed by atoms with Gasteiger partial charge in [0.2, 0.25) is 0 Å². The van der Waals surface area contributed by atoms with E-state index in [4.69, 9.17) is 5.73 Å². The minimum absolute atomic E-state index is 0.181. The third-order valence-electron chi connectivity index (χ3n) is 2.96. The van der Waals surface area contributed by atoms with Gasteiger partial charge in [0.05, 0.1) is 0 Å². The van der Waals surface area contributed by atoms with Crippen LogP contribution >= 0.6 is 0 Å². The van der Waals surface area contributed by atoms with Gasteiger partial charge in [0.15, 0.2) is 0 Å². The van der Waals surface area contributed by atoms with Gasteiger partial charge in [0, 0.05) is 19.3 Å². The first-order chi connectivity index (χ1) is 8.19. The van der Waals surface area contributed by atoms with E-state index >= 15 is 0 Å². The van der Waals surface area contributed by atoms with Crippen LogP contribution in [-0.4, -0.2) is 20.1 Å². The van der Waals surface area contributed by atoms with Crippen molar-refractivity contribution in [2.75, 3.05) is 25.0 Å². The van der Waals surface area contributed by atoms with Gasteiger partial charge in [-0.15, -0.1) is 0 Å². The summed E-state index contributed by atoms with van der Waals surface area (Å²) in [6, 6.07) is 4.97. The Labute approximate surface area is 104 Å². The summed E-state index contributed by atoms with van der Waals surface area (Å²) in [5.74, 6) is -0.181. The molecular formula is C14H23FN2. The lowest BCUT2D eigenvalue weighted by Gasteiger charge is -2.22. The summed E-state index contributed by atoms with van der Waals surface area (Å²) in [6.45, 7) is 3.76. The van der Waals surface area contributed by atoms with Gasteiger partial charge in [-0.25, -0.2) is 4.39 Å². The summed E-state index contributed by atoms with van der Waals surface area (Å²) < 4.78 is 13.2. The molecule has 0 aliphatic carbocycles. The van der Waals surface area contributed by atoms with Gasteiger partial charge >= 0.3 is 0 Å². The molecule has 2 N–H and O–H groups in total. The lowest BCUT2D eigenvalue weighted by Crippen LogP contribution is -2.20. The summed E-state index contributed by atoms with van der Waals surface area (Å²) >= 11 is 0. The van der Waals surface area contributed by atoms with Gasteiger partial charge in [0.25, 0.3) is 0 Å². The molecule has 0 unspecified atom stereocenters. The van der Waals surface area contributed by atoms with E-state index in [-0.39, 0.29) is 5.82 Å². The molecule has 3 heteroatoms. The van der Waals surface area contributed by atoms with Crippen LogP contribution in [0.25, 0.3) is 0 Å². The normalized spacial score (nSPS) is 10.6. The van der Waals surface area contributed by atoms with Crippen LogP contribution in [0, 0.1) is 5.82 Å². The highest BCUT2D eigenvalue weighted by molar-refractivity contribution is 5.53. The molecule has 0 atom stereocenters. The molecule has 17 heavy (non-hydrogen) atoms. The number of unbranched alkanes of at least 4 members (excludes halogenated alkanes) is 2. The van der Waals surface area contributed by atoms with Crippen molar-refractivity contribution in [3.8, 4) is 0 Å².